The Kier molecular flexibility index (Phi) is 5.31. The molecule has 0 aromatic heterocycles. The molecule has 0 unspecified atom stereocenters. The molecule has 7 heteroatoms. The number of nitrogens with zero attached hydrogens (tertiary/aromatic N) is 1. The molecule has 1 aromatic carbocycles. The van der Waals surface area contributed by atoms with Gasteiger partial charge in [0.15, 0.2) is 0 Å². The smallest absolute Gasteiger partial charge is 0.328 e. The van der Waals surface area contributed by atoms with E-state index in [1.165, 1.54) is 11.8 Å². The molecule has 118 valence electrons. The Morgan fingerprint density at radius 1 is 1.32 bits per heavy atom. The molecule has 1 heterocycles. The molecule has 2 N–H and O–H groups in total. The molecule has 1 aliphatic heterocycles. The molecule has 1 aliphatic rings. The summed E-state index contributed by atoms with van der Waals surface area (Å²) in [7, 11) is -3.60. The summed E-state index contributed by atoms with van der Waals surface area (Å²) < 4.78 is 27.6. The first-order valence-electron chi connectivity index (χ1n) is 6.84. The fourth-order valence-electron chi connectivity index (χ4n) is 1.91. The molecule has 0 radical (unpaired) electrons. The highest BCUT2D eigenvalue weighted by molar-refractivity contribution is 8.18. The van der Waals surface area contributed by atoms with Gasteiger partial charge in [-0.3, -0.25) is 4.28 Å². The molecule has 5 nitrogen and oxygen atoms in total. The molecule has 0 atom stereocenters. The molecule has 2 rings (SSSR count). The highest BCUT2D eigenvalue weighted by atomic mass is 32.2. The second kappa shape index (κ2) is 7.02. The minimum absolute atomic E-state index is 0.0494. The summed E-state index contributed by atoms with van der Waals surface area (Å²) in [5.41, 5.74) is 8.86. The number of benzene rings is 1. The van der Waals surface area contributed by atoms with Gasteiger partial charge in [-0.2, -0.15) is 8.42 Å². The number of rotatable bonds is 5. The molecule has 0 bridgehead atoms. The van der Waals surface area contributed by atoms with Crippen molar-refractivity contribution in [3.05, 3.63) is 52.4 Å². The molecule has 22 heavy (non-hydrogen) atoms. The van der Waals surface area contributed by atoms with E-state index in [1.807, 2.05) is 31.2 Å². The molecule has 1 aromatic rings. The average molecular weight is 338 g/mol. The Bertz CT molecular complexity index is 750. The van der Waals surface area contributed by atoms with E-state index in [0.29, 0.717) is 17.2 Å². The molecule has 0 saturated heterocycles. The lowest BCUT2D eigenvalue weighted by Crippen LogP contribution is -2.07. The van der Waals surface area contributed by atoms with E-state index in [2.05, 4.69) is 9.44 Å². The average Bonchev–Trinajstić information content (AvgIpc) is 2.94. The first kappa shape index (κ1) is 16.6. The zero-order valence-electron chi connectivity index (χ0n) is 12.4. The quantitative estimate of drug-likeness (QED) is 0.835. The van der Waals surface area contributed by atoms with Gasteiger partial charge in [-0.05, 0) is 31.1 Å². The maximum atomic E-state index is 11.5. The van der Waals surface area contributed by atoms with E-state index < -0.39 is 10.1 Å². The van der Waals surface area contributed by atoms with E-state index in [1.54, 1.807) is 19.1 Å². The van der Waals surface area contributed by atoms with E-state index in [-0.39, 0.29) is 5.75 Å². The van der Waals surface area contributed by atoms with Gasteiger partial charge < -0.3 is 5.73 Å². The lowest BCUT2D eigenvalue weighted by Gasteiger charge is -2.07. The van der Waals surface area contributed by atoms with Crippen LogP contribution in [0.5, 0.6) is 0 Å². The normalized spacial score (nSPS) is 18.7. The highest BCUT2D eigenvalue weighted by Crippen LogP contribution is 2.32. The Morgan fingerprint density at radius 2 is 2.05 bits per heavy atom. The van der Waals surface area contributed by atoms with Crippen molar-refractivity contribution in [3.63, 3.8) is 0 Å². The van der Waals surface area contributed by atoms with Crippen molar-refractivity contribution in [3.8, 4) is 0 Å². The zero-order valence-corrected chi connectivity index (χ0v) is 14.1. The number of oxime groups is 1. The predicted octanol–water partition coefficient (Wildman–Crippen LogP) is 3.00. The summed E-state index contributed by atoms with van der Waals surface area (Å²) in [5, 5.41) is 4.14. The van der Waals surface area contributed by atoms with Gasteiger partial charge in [0.2, 0.25) is 0 Å². The molecule has 0 spiro atoms. The fraction of sp³-hybridized carbons (Fsp3) is 0.267. The summed E-state index contributed by atoms with van der Waals surface area (Å²) in [6.45, 7) is 3.75. The van der Waals surface area contributed by atoms with Gasteiger partial charge in [-0.25, -0.2) is 0 Å². The molecular formula is C15H18N2O3S2. The van der Waals surface area contributed by atoms with Crippen LogP contribution in [0.2, 0.25) is 0 Å². The lowest BCUT2D eigenvalue weighted by molar-refractivity contribution is 0.340. The molecular weight excluding hydrogens is 320 g/mol. The number of nitrogens with two attached hydrogens (primary N) is 1. The van der Waals surface area contributed by atoms with Crippen molar-refractivity contribution >= 4 is 32.6 Å². The highest BCUT2D eigenvalue weighted by Gasteiger charge is 2.16. The Balaban J connectivity index is 2.15. The van der Waals surface area contributed by atoms with Crippen LogP contribution in [0.1, 0.15) is 24.5 Å². The summed E-state index contributed by atoms with van der Waals surface area (Å²) in [5.74, 6) is -0.0494. The third-order valence-electron chi connectivity index (χ3n) is 2.99. The molecule has 0 aliphatic carbocycles. The van der Waals surface area contributed by atoms with Gasteiger partial charge in [0.05, 0.1) is 11.4 Å². The Labute approximate surface area is 135 Å². The number of allylic oxidation sites excluding steroid dienone is 1. The van der Waals surface area contributed by atoms with Crippen LogP contribution in [-0.4, -0.2) is 19.2 Å². The van der Waals surface area contributed by atoms with Crippen LogP contribution in [0.3, 0.4) is 0 Å². The van der Waals surface area contributed by atoms with Crippen molar-refractivity contribution in [2.75, 3.05) is 5.75 Å². The summed E-state index contributed by atoms with van der Waals surface area (Å²) >= 11 is 1.29. The zero-order chi connectivity index (χ0) is 16.2. The topological polar surface area (TPSA) is 81.8 Å². The third kappa shape index (κ3) is 4.14. The van der Waals surface area contributed by atoms with E-state index >= 15 is 0 Å². The Hall–Kier alpha value is -1.73. The maximum absolute atomic E-state index is 11.5. The number of aryl methyl sites for hydroxylation is 1. The summed E-state index contributed by atoms with van der Waals surface area (Å²) in [4.78, 5) is 0.824. The first-order chi connectivity index (χ1) is 10.4. The Morgan fingerprint density at radius 3 is 2.73 bits per heavy atom. The van der Waals surface area contributed by atoms with Crippen LogP contribution >= 0.6 is 11.8 Å². The number of hydrogen-bond donors (Lipinski definition) is 1. The standard InChI is InChI=1S/C15H18N2O3S2/c1-3-10-22(18,19)20-17-14-9-8-13(21-14)15(16)12-7-5-4-6-11(12)2/h4-9H,3,10,16H2,1-2H3/b15-13-,17-14?. The molecule has 0 amide bonds. The van der Waals surface area contributed by atoms with Gasteiger partial charge in [-0.1, -0.05) is 48.1 Å². The molecule has 0 fully saturated rings. The summed E-state index contributed by atoms with van der Waals surface area (Å²) in [6.07, 6.45) is 3.98. The summed E-state index contributed by atoms with van der Waals surface area (Å²) in [6, 6.07) is 7.81. The van der Waals surface area contributed by atoms with Gasteiger partial charge in [0.25, 0.3) is 0 Å². The number of thioether (sulfide) groups is 1. The van der Waals surface area contributed by atoms with Crippen LogP contribution in [0.25, 0.3) is 5.70 Å². The van der Waals surface area contributed by atoms with Crippen LogP contribution in [0, 0.1) is 6.92 Å². The minimum Gasteiger partial charge on any atom is -0.397 e. The maximum Gasteiger partial charge on any atom is 0.328 e. The third-order valence-corrected chi connectivity index (χ3v) is 5.19. The largest absolute Gasteiger partial charge is 0.397 e. The lowest BCUT2D eigenvalue weighted by atomic mass is 10.1. The van der Waals surface area contributed by atoms with Gasteiger partial charge in [0, 0.05) is 10.5 Å². The van der Waals surface area contributed by atoms with Crippen molar-refractivity contribution in [2.24, 2.45) is 10.9 Å². The second-order valence-electron chi connectivity index (χ2n) is 4.79. The number of hydrogen-bond acceptors (Lipinski definition) is 6. The van der Waals surface area contributed by atoms with Crippen LogP contribution in [0.4, 0.5) is 0 Å². The van der Waals surface area contributed by atoms with Crippen molar-refractivity contribution in [2.45, 2.75) is 20.3 Å². The SMILES string of the molecule is CCCS(=O)(=O)ON=C1C=C/C(=C(/N)c2ccccc2C)S1. The monoisotopic (exact) mass is 338 g/mol. The van der Waals surface area contributed by atoms with Crippen LogP contribution in [0.15, 0.2) is 46.5 Å². The van der Waals surface area contributed by atoms with Crippen molar-refractivity contribution < 1.29 is 12.7 Å². The van der Waals surface area contributed by atoms with E-state index in [4.69, 9.17) is 5.73 Å². The van der Waals surface area contributed by atoms with Crippen molar-refractivity contribution in [1.29, 1.82) is 0 Å². The van der Waals surface area contributed by atoms with Gasteiger partial charge in [-0.15, -0.1) is 0 Å². The first-order valence-corrected chi connectivity index (χ1v) is 9.23. The van der Waals surface area contributed by atoms with E-state index in [9.17, 15) is 8.42 Å². The van der Waals surface area contributed by atoms with Gasteiger partial charge in [0.1, 0.15) is 5.04 Å². The van der Waals surface area contributed by atoms with Crippen molar-refractivity contribution in [1.82, 2.24) is 0 Å². The van der Waals surface area contributed by atoms with Crippen LogP contribution < -0.4 is 5.73 Å². The molecule has 0 saturated carbocycles. The fourth-order valence-corrected chi connectivity index (χ4v) is 3.52. The second-order valence-corrected chi connectivity index (χ2v) is 7.53. The minimum atomic E-state index is -3.60. The van der Waals surface area contributed by atoms with Gasteiger partial charge >= 0.3 is 10.1 Å². The van der Waals surface area contributed by atoms with Crippen LogP contribution in [-0.2, 0) is 14.4 Å². The predicted molar refractivity (Wildman–Crippen MR) is 91.6 cm³/mol. The van der Waals surface area contributed by atoms with E-state index in [0.717, 1.165) is 16.0 Å².